The maximum absolute atomic E-state index is 12.0. The average Bonchev–Trinajstić information content (AvgIpc) is 2.30. The van der Waals surface area contributed by atoms with Gasteiger partial charge in [-0.15, -0.1) is 12.4 Å². The summed E-state index contributed by atoms with van der Waals surface area (Å²) in [5.74, 6) is 0. The van der Waals surface area contributed by atoms with Gasteiger partial charge in [0.1, 0.15) is 0 Å². The minimum absolute atomic E-state index is 0. The monoisotopic (exact) mass is 291 g/mol. The third-order valence-electron chi connectivity index (χ3n) is 2.82. The van der Waals surface area contributed by atoms with Crippen molar-refractivity contribution in [1.29, 1.82) is 0 Å². The van der Waals surface area contributed by atoms with Gasteiger partial charge in [-0.05, 0) is 38.4 Å². The second-order valence-corrected chi connectivity index (χ2v) is 5.90. The van der Waals surface area contributed by atoms with Gasteiger partial charge in [0.05, 0.1) is 11.0 Å². The van der Waals surface area contributed by atoms with Crippen LogP contribution in [0.15, 0.2) is 29.2 Å². The molecule has 6 heteroatoms. The van der Waals surface area contributed by atoms with Gasteiger partial charge in [-0.2, -0.15) is 8.42 Å². The Hall–Kier alpha value is -0.620. The first-order chi connectivity index (χ1) is 8.08. The standard InChI is InChI=1S/C12H17NO3S.ClH/c1-10-4-6-12(7-5-10)17(14,15)16-11-3-2-8-13-9-11;/h4-7,11,13H,2-3,8-9H2,1H3;1H. The zero-order valence-corrected chi connectivity index (χ0v) is 11.9. The van der Waals surface area contributed by atoms with Crippen molar-refractivity contribution in [3.63, 3.8) is 0 Å². The summed E-state index contributed by atoms with van der Waals surface area (Å²) in [7, 11) is -3.62. The molecule has 1 aliphatic rings. The van der Waals surface area contributed by atoms with Crippen molar-refractivity contribution in [2.75, 3.05) is 13.1 Å². The Morgan fingerprint density at radius 1 is 1.28 bits per heavy atom. The summed E-state index contributed by atoms with van der Waals surface area (Å²) < 4.78 is 29.1. The lowest BCUT2D eigenvalue weighted by Crippen LogP contribution is -2.36. The number of hydrogen-bond donors (Lipinski definition) is 1. The zero-order chi connectivity index (χ0) is 12.3. The number of aryl methyl sites for hydroxylation is 1. The summed E-state index contributed by atoms with van der Waals surface area (Å²) in [6, 6.07) is 6.71. The summed E-state index contributed by atoms with van der Waals surface area (Å²) in [5, 5.41) is 3.13. The third-order valence-corrected chi connectivity index (χ3v) is 4.20. The molecule has 102 valence electrons. The molecule has 0 radical (unpaired) electrons. The van der Waals surface area contributed by atoms with Crippen LogP contribution < -0.4 is 5.32 Å². The predicted octanol–water partition coefficient (Wildman–Crippen LogP) is 1.87. The maximum Gasteiger partial charge on any atom is 0.297 e. The summed E-state index contributed by atoms with van der Waals surface area (Å²) in [6.07, 6.45) is 1.50. The molecule has 0 aliphatic carbocycles. The molecule has 1 heterocycles. The Kier molecular flexibility index (Phi) is 5.59. The van der Waals surface area contributed by atoms with Crippen LogP contribution in [-0.2, 0) is 14.3 Å². The van der Waals surface area contributed by atoms with E-state index < -0.39 is 10.1 Å². The first-order valence-corrected chi connectivity index (χ1v) is 7.19. The second kappa shape index (κ2) is 6.52. The van der Waals surface area contributed by atoms with E-state index in [4.69, 9.17) is 4.18 Å². The number of rotatable bonds is 3. The number of halogens is 1. The summed E-state index contributed by atoms with van der Waals surface area (Å²) in [5.41, 5.74) is 1.03. The molecule has 1 fully saturated rings. The van der Waals surface area contributed by atoms with E-state index in [2.05, 4.69) is 5.32 Å². The van der Waals surface area contributed by atoms with E-state index in [1.807, 2.05) is 6.92 Å². The predicted molar refractivity (Wildman–Crippen MR) is 72.6 cm³/mol. The molecule has 0 spiro atoms. The summed E-state index contributed by atoms with van der Waals surface area (Å²) in [6.45, 7) is 3.46. The van der Waals surface area contributed by atoms with Crippen LogP contribution in [0.2, 0.25) is 0 Å². The van der Waals surface area contributed by atoms with Gasteiger partial charge in [0.15, 0.2) is 0 Å². The van der Waals surface area contributed by atoms with Crippen LogP contribution in [0, 0.1) is 6.92 Å². The van der Waals surface area contributed by atoms with Crippen molar-refractivity contribution in [3.05, 3.63) is 29.8 Å². The molecule has 2 rings (SSSR count). The minimum atomic E-state index is -3.62. The highest BCUT2D eigenvalue weighted by Gasteiger charge is 2.23. The van der Waals surface area contributed by atoms with Gasteiger partial charge in [-0.1, -0.05) is 17.7 Å². The molecule has 1 aliphatic heterocycles. The molecule has 1 aromatic rings. The number of piperidine rings is 1. The Bertz CT molecular complexity index is 467. The van der Waals surface area contributed by atoms with Gasteiger partial charge < -0.3 is 5.32 Å². The van der Waals surface area contributed by atoms with Gasteiger partial charge in [0.25, 0.3) is 10.1 Å². The molecule has 18 heavy (non-hydrogen) atoms. The van der Waals surface area contributed by atoms with Crippen molar-refractivity contribution in [2.24, 2.45) is 0 Å². The molecular weight excluding hydrogens is 274 g/mol. The van der Waals surface area contributed by atoms with Crippen LogP contribution in [0.4, 0.5) is 0 Å². The lowest BCUT2D eigenvalue weighted by Gasteiger charge is -2.22. The Labute approximate surface area is 114 Å². The molecular formula is C12H18ClNO3S. The smallest absolute Gasteiger partial charge is 0.297 e. The molecule has 0 aromatic heterocycles. The van der Waals surface area contributed by atoms with Crippen molar-refractivity contribution in [3.8, 4) is 0 Å². The number of hydrogen-bond acceptors (Lipinski definition) is 4. The average molecular weight is 292 g/mol. The van der Waals surface area contributed by atoms with E-state index in [1.165, 1.54) is 0 Å². The first kappa shape index (κ1) is 15.4. The van der Waals surface area contributed by atoms with Crippen molar-refractivity contribution in [2.45, 2.75) is 30.8 Å². The molecule has 0 amide bonds. The van der Waals surface area contributed by atoms with E-state index in [1.54, 1.807) is 24.3 Å². The minimum Gasteiger partial charge on any atom is -0.314 e. The quantitative estimate of drug-likeness (QED) is 0.864. The van der Waals surface area contributed by atoms with E-state index in [9.17, 15) is 8.42 Å². The van der Waals surface area contributed by atoms with E-state index in [-0.39, 0.29) is 23.4 Å². The van der Waals surface area contributed by atoms with Crippen molar-refractivity contribution in [1.82, 2.24) is 5.32 Å². The van der Waals surface area contributed by atoms with Gasteiger partial charge in [0.2, 0.25) is 0 Å². The largest absolute Gasteiger partial charge is 0.314 e. The second-order valence-electron chi connectivity index (χ2n) is 4.33. The highest BCUT2D eigenvalue weighted by molar-refractivity contribution is 7.86. The lowest BCUT2D eigenvalue weighted by atomic mass is 10.1. The number of nitrogens with one attached hydrogen (secondary N) is 1. The van der Waals surface area contributed by atoms with Crippen molar-refractivity contribution < 1.29 is 12.6 Å². The Balaban J connectivity index is 0.00000162. The molecule has 1 atom stereocenters. The molecule has 0 bridgehead atoms. The Morgan fingerprint density at radius 2 is 1.94 bits per heavy atom. The summed E-state index contributed by atoms with van der Waals surface area (Å²) >= 11 is 0. The fourth-order valence-corrected chi connectivity index (χ4v) is 2.94. The van der Waals surface area contributed by atoms with Gasteiger partial charge in [-0.3, -0.25) is 4.18 Å². The fraction of sp³-hybridized carbons (Fsp3) is 0.500. The highest BCUT2D eigenvalue weighted by atomic mass is 35.5. The number of benzene rings is 1. The van der Waals surface area contributed by atoms with E-state index in [0.717, 1.165) is 24.9 Å². The molecule has 1 aromatic carbocycles. The van der Waals surface area contributed by atoms with Gasteiger partial charge >= 0.3 is 0 Å². The van der Waals surface area contributed by atoms with Crippen LogP contribution in [0.25, 0.3) is 0 Å². The molecule has 1 saturated heterocycles. The normalized spacial score (nSPS) is 20.2. The molecule has 1 unspecified atom stereocenters. The maximum atomic E-state index is 12.0. The zero-order valence-electron chi connectivity index (χ0n) is 10.3. The fourth-order valence-electron chi connectivity index (χ4n) is 1.84. The SMILES string of the molecule is Cc1ccc(S(=O)(=O)OC2CCCNC2)cc1.Cl. The van der Waals surface area contributed by atoms with Gasteiger partial charge in [0, 0.05) is 6.54 Å². The molecule has 1 N–H and O–H groups in total. The van der Waals surface area contributed by atoms with Crippen molar-refractivity contribution >= 4 is 22.5 Å². The first-order valence-electron chi connectivity index (χ1n) is 5.78. The molecule has 4 nitrogen and oxygen atoms in total. The highest BCUT2D eigenvalue weighted by Crippen LogP contribution is 2.17. The van der Waals surface area contributed by atoms with Crippen LogP contribution in [-0.4, -0.2) is 27.6 Å². The summed E-state index contributed by atoms with van der Waals surface area (Å²) in [4.78, 5) is 0.230. The van der Waals surface area contributed by atoms with E-state index >= 15 is 0 Å². The lowest BCUT2D eigenvalue weighted by molar-refractivity contribution is 0.174. The van der Waals surface area contributed by atoms with Crippen LogP contribution in [0.3, 0.4) is 0 Å². The van der Waals surface area contributed by atoms with Crippen LogP contribution in [0.1, 0.15) is 18.4 Å². The Morgan fingerprint density at radius 3 is 2.50 bits per heavy atom. The van der Waals surface area contributed by atoms with Crippen LogP contribution in [0.5, 0.6) is 0 Å². The van der Waals surface area contributed by atoms with Crippen LogP contribution >= 0.6 is 12.4 Å². The third kappa shape index (κ3) is 3.95. The topological polar surface area (TPSA) is 55.4 Å². The van der Waals surface area contributed by atoms with E-state index in [0.29, 0.717) is 6.54 Å². The van der Waals surface area contributed by atoms with Gasteiger partial charge in [-0.25, -0.2) is 0 Å². The molecule has 0 saturated carbocycles.